The predicted molar refractivity (Wildman–Crippen MR) is 103 cm³/mol. The van der Waals surface area contributed by atoms with Crippen LogP contribution in [0.3, 0.4) is 0 Å². The molecule has 2 aliphatic heterocycles. The van der Waals surface area contributed by atoms with Gasteiger partial charge in [-0.15, -0.1) is 0 Å². The van der Waals surface area contributed by atoms with Gasteiger partial charge in [-0.3, -0.25) is 9.59 Å². The normalized spacial score (nSPS) is 21.5. The highest BCUT2D eigenvalue weighted by Gasteiger charge is 2.51. The van der Waals surface area contributed by atoms with Crippen molar-refractivity contribution in [3.63, 3.8) is 0 Å². The number of piperazine rings is 1. The highest BCUT2D eigenvalue weighted by atomic mass is 16.3. The molecular formula is C21H27N3O3. The Hall–Kier alpha value is -2.34. The van der Waals surface area contributed by atoms with E-state index in [2.05, 4.69) is 11.1 Å². The van der Waals surface area contributed by atoms with Crippen LogP contribution in [0, 0.1) is 0 Å². The van der Waals surface area contributed by atoms with Crippen LogP contribution < -0.4 is 0 Å². The summed E-state index contributed by atoms with van der Waals surface area (Å²) in [5.41, 5.74) is 2.70. The highest BCUT2D eigenvalue weighted by molar-refractivity contribution is 5.97. The van der Waals surface area contributed by atoms with Crippen molar-refractivity contribution < 1.29 is 14.7 Å². The minimum absolute atomic E-state index is 0.0102. The van der Waals surface area contributed by atoms with Gasteiger partial charge in [0.15, 0.2) is 0 Å². The number of aliphatic hydroxyl groups is 1. The Morgan fingerprint density at radius 3 is 2.74 bits per heavy atom. The highest BCUT2D eigenvalue weighted by Crippen LogP contribution is 2.42. The smallest absolute Gasteiger partial charge is 0.246 e. The number of unbranched alkanes of at least 4 members (excludes halogenated alkanes) is 2. The van der Waals surface area contributed by atoms with Gasteiger partial charge in [0.25, 0.3) is 0 Å². The second-order valence-electron chi connectivity index (χ2n) is 8.11. The van der Waals surface area contributed by atoms with Gasteiger partial charge in [-0.25, -0.2) is 0 Å². The van der Waals surface area contributed by atoms with Crippen molar-refractivity contribution in [1.82, 2.24) is 14.8 Å². The molecule has 1 saturated heterocycles. The fourth-order valence-electron chi connectivity index (χ4n) is 4.72. The van der Waals surface area contributed by atoms with E-state index in [4.69, 9.17) is 5.11 Å². The summed E-state index contributed by atoms with van der Waals surface area (Å²) in [5, 5.41) is 10.1. The molecule has 4 rings (SSSR count). The SMILES string of the molecule is CC1(C)c2[nH]c3ccccc3c2C[C@H]2C(=O)N(CCCCCO)CC(=O)N21. The number of hydrogen-bond acceptors (Lipinski definition) is 3. The van der Waals surface area contributed by atoms with Gasteiger partial charge in [0, 0.05) is 36.2 Å². The van der Waals surface area contributed by atoms with Gasteiger partial charge in [0.05, 0.1) is 12.1 Å². The van der Waals surface area contributed by atoms with Crippen LogP contribution in [-0.4, -0.2) is 57.4 Å². The van der Waals surface area contributed by atoms with E-state index in [-0.39, 0.29) is 25.0 Å². The van der Waals surface area contributed by atoms with E-state index < -0.39 is 11.6 Å². The molecule has 0 saturated carbocycles. The monoisotopic (exact) mass is 369 g/mol. The van der Waals surface area contributed by atoms with E-state index in [1.54, 1.807) is 9.80 Å². The largest absolute Gasteiger partial charge is 0.396 e. The first kappa shape index (κ1) is 18.0. The van der Waals surface area contributed by atoms with E-state index in [1.165, 1.54) is 0 Å². The number of nitrogens with zero attached hydrogens (tertiary/aromatic N) is 2. The van der Waals surface area contributed by atoms with Crippen molar-refractivity contribution >= 4 is 22.7 Å². The number of nitrogens with one attached hydrogen (secondary N) is 1. The molecule has 6 nitrogen and oxygen atoms in total. The number of aromatic nitrogens is 1. The molecule has 2 aromatic rings. The molecule has 0 aliphatic carbocycles. The summed E-state index contributed by atoms with van der Waals surface area (Å²) < 4.78 is 0. The van der Waals surface area contributed by atoms with Crippen molar-refractivity contribution in [2.24, 2.45) is 0 Å². The number of rotatable bonds is 5. The molecule has 144 valence electrons. The van der Waals surface area contributed by atoms with Crippen molar-refractivity contribution in [2.45, 2.75) is 51.1 Å². The third-order valence-electron chi connectivity index (χ3n) is 6.01. The standard InChI is InChI=1S/C21H27N3O3/c1-21(2)19-15(14-8-4-5-9-16(14)22-19)12-17-20(27)23(10-6-3-7-11-25)13-18(26)24(17)21/h4-5,8-9,17,22,25H,3,6-7,10-13H2,1-2H3/t17-/m0/s1. The molecule has 0 bridgehead atoms. The van der Waals surface area contributed by atoms with Crippen molar-refractivity contribution in [3.8, 4) is 0 Å². The average molecular weight is 369 g/mol. The second kappa shape index (κ2) is 6.68. The van der Waals surface area contributed by atoms with E-state index in [0.717, 1.165) is 41.4 Å². The zero-order valence-corrected chi connectivity index (χ0v) is 16.0. The maximum Gasteiger partial charge on any atom is 0.246 e. The van der Waals surface area contributed by atoms with Gasteiger partial charge in [0.1, 0.15) is 6.04 Å². The van der Waals surface area contributed by atoms with Crippen molar-refractivity contribution in [3.05, 3.63) is 35.5 Å². The summed E-state index contributed by atoms with van der Waals surface area (Å²) >= 11 is 0. The number of fused-ring (bicyclic) bond motifs is 4. The van der Waals surface area contributed by atoms with Crippen LogP contribution in [0.25, 0.3) is 10.9 Å². The third kappa shape index (κ3) is 2.83. The van der Waals surface area contributed by atoms with E-state index in [9.17, 15) is 9.59 Å². The lowest BCUT2D eigenvalue weighted by Crippen LogP contribution is -2.67. The molecule has 1 aromatic carbocycles. The minimum Gasteiger partial charge on any atom is -0.396 e. The lowest BCUT2D eigenvalue weighted by Gasteiger charge is -2.51. The Bertz CT molecular complexity index is 886. The Balaban J connectivity index is 1.67. The topological polar surface area (TPSA) is 76.6 Å². The van der Waals surface area contributed by atoms with Gasteiger partial charge in [0.2, 0.25) is 11.8 Å². The van der Waals surface area contributed by atoms with Crippen LogP contribution >= 0.6 is 0 Å². The van der Waals surface area contributed by atoms with Crippen LogP contribution in [0.15, 0.2) is 24.3 Å². The molecule has 0 unspecified atom stereocenters. The quantitative estimate of drug-likeness (QED) is 0.793. The Labute approximate surface area is 159 Å². The van der Waals surface area contributed by atoms with E-state index in [1.807, 2.05) is 32.0 Å². The van der Waals surface area contributed by atoms with Gasteiger partial charge in [-0.05, 0) is 44.7 Å². The Kier molecular flexibility index (Phi) is 4.46. The number of aliphatic hydroxyl groups excluding tert-OH is 1. The number of benzene rings is 1. The number of carbonyl (C=O) groups is 2. The van der Waals surface area contributed by atoms with Crippen molar-refractivity contribution in [1.29, 1.82) is 0 Å². The van der Waals surface area contributed by atoms with Crippen LogP contribution in [0.5, 0.6) is 0 Å². The second-order valence-corrected chi connectivity index (χ2v) is 8.11. The van der Waals surface area contributed by atoms with E-state index in [0.29, 0.717) is 13.0 Å². The summed E-state index contributed by atoms with van der Waals surface area (Å²) in [6.07, 6.45) is 2.96. The maximum absolute atomic E-state index is 13.2. The number of hydrogen-bond donors (Lipinski definition) is 2. The molecule has 2 aliphatic rings. The first-order valence-electron chi connectivity index (χ1n) is 9.77. The lowest BCUT2D eigenvalue weighted by atomic mass is 9.82. The van der Waals surface area contributed by atoms with Crippen molar-refractivity contribution in [2.75, 3.05) is 19.7 Å². The van der Waals surface area contributed by atoms with Gasteiger partial charge in [-0.2, -0.15) is 0 Å². The molecule has 1 fully saturated rings. The Morgan fingerprint density at radius 1 is 1.19 bits per heavy atom. The third-order valence-corrected chi connectivity index (χ3v) is 6.01. The zero-order chi connectivity index (χ0) is 19.2. The summed E-state index contributed by atoms with van der Waals surface area (Å²) in [4.78, 5) is 33.2. The molecule has 0 radical (unpaired) electrons. The summed E-state index contributed by atoms with van der Waals surface area (Å²) in [5.74, 6) is 0.0543. The fraction of sp³-hybridized carbons (Fsp3) is 0.524. The van der Waals surface area contributed by atoms with Crippen LogP contribution in [0.4, 0.5) is 0 Å². The molecule has 27 heavy (non-hydrogen) atoms. The number of carbonyl (C=O) groups excluding carboxylic acids is 2. The molecule has 0 spiro atoms. The number of H-pyrrole nitrogens is 1. The summed E-state index contributed by atoms with van der Waals surface area (Å²) in [6, 6.07) is 7.69. The van der Waals surface area contributed by atoms with Gasteiger partial charge < -0.3 is 19.9 Å². The first-order valence-corrected chi connectivity index (χ1v) is 9.77. The predicted octanol–water partition coefficient (Wildman–Crippen LogP) is 2.16. The number of aromatic amines is 1. The lowest BCUT2D eigenvalue weighted by molar-refractivity contribution is -0.163. The summed E-state index contributed by atoms with van der Waals surface area (Å²) in [7, 11) is 0. The van der Waals surface area contributed by atoms with Crippen LogP contribution in [0.2, 0.25) is 0 Å². The van der Waals surface area contributed by atoms with Crippen LogP contribution in [0.1, 0.15) is 44.4 Å². The number of para-hydroxylation sites is 1. The minimum atomic E-state index is -0.549. The average Bonchev–Trinajstić information content (AvgIpc) is 3.02. The molecule has 1 atom stereocenters. The molecule has 6 heteroatoms. The number of amides is 2. The van der Waals surface area contributed by atoms with Gasteiger partial charge >= 0.3 is 0 Å². The first-order chi connectivity index (χ1) is 12.9. The fourth-order valence-corrected chi connectivity index (χ4v) is 4.72. The maximum atomic E-state index is 13.2. The molecule has 3 heterocycles. The van der Waals surface area contributed by atoms with E-state index >= 15 is 0 Å². The molecule has 2 amide bonds. The van der Waals surface area contributed by atoms with Crippen LogP contribution in [-0.2, 0) is 21.5 Å². The molecule has 1 aromatic heterocycles. The van der Waals surface area contributed by atoms with Gasteiger partial charge in [-0.1, -0.05) is 18.2 Å². The molecular weight excluding hydrogens is 342 g/mol. The Morgan fingerprint density at radius 2 is 1.96 bits per heavy atom. The molecule has 2 N–H and O–H groups in total. The zero-order valence-electron chi connectivity index (χ0n) is 16.0. The summed E-state index contributed by atoms with van der Waals surface area (Å²) in [6.45, 7) is 4.94.